The number of ether oxygens (including phenoxy) is 2. The van der Waals surface area contributed by atoms with E-state index in [2.05, 4.69) is 4.74 Å². The number of benzene rings is 1. The molecule has 0 aliphatic heterocycles. The first kappa shape index (κ1) is 13.9. The lowest BCUT2D eigenvalue weighted by molar-refractivity contribution is -0.150. The van der Waals surface area contributed by atoms with Crippen LogP contribution in [0.15, 0.2) is 18.2 Å². The van der Waals surface area contributed by atoms with Crippen LogP contribution in [-0.4, -0.2) is 25.3 Å². The van der Waals surface area contributed by atoms with Gasteiger partial charge >= 0.3 is 5.97 Å². The van der Waals surface area contributed by atoms with Crippen molar-refractivity contribution in [1.29, 1.82) is 0 Å². The smallest absolute Gasteiger partial charge is 0.339 e. The molecule has 0 aromatic heterocycles. The fraction of sp³-hybridized carbons (Fsp3) is 0.533. The van der Waals surface area contributed by atoms with Crippen LogP contribution >= 0.6 is 0 Å². The SMILES string of the molecule is COC(=O)C(O)c1ccc(OC)c(C2CCCC2)c1. The molecule has 1 aliphatic rings. The summed E-state index contributed by atoms with van der Waals surface area (Å²) in [6.45, 7) is 0. The molecule has 0 radical (unpaired) electrons. The molecule has 0 amide bonds. The van der Waals surface area contributed by atoms with Crippen molar-refractivity contribution < 1.29 is 19.4 Å². The molecule has 2 rings (SSSR count). The lowest BCUT2D eigenvalue weighted by Crippen LogP contribution is -2.14. The highest BCUT2D eigenvalue weighted by atomic mass is 16.5. The van der Waals surface area contributed by atoms with E-state index >= 15 is 0 Å². The molecule has 4 heteroatoms. The van der Waals surface area contributed by atoms with Crippen LogP contribution in [0.4, 0.5) is 0 Å². The number of hydrogen-bond acceptors (Lipinski definition) is 4. The Morgan fingerprint density at radius 2 is 2.00 bits per heavy atom. The van der Waals surface area contributed by atoms with E-state index in [4.69, 9.17) is 4.74 Å². The quantitative estimate of drug-likeness (QED) is 0.849. The van der Waals surface area contributed by atoms with Crippen LogP contribution < -0.4 is 4.74 Å². The van der Waals surface area contributed by atoms with Crippen molar-refractivity contribution in [3.63, 3.8) is 0 Å². The van der Waals surface area contributed by atoms with Gasteiger partial charge in [-0.05, 0) is 42.0 Å². The molecule has 4 nitrogen and oxygen atoms in total. The first-order valence-corrected chi connectivity index (χ1v) is 6.61. The van der Waals surface area contributed by atoms with E-state index < -0.39 is 12.1 Å². The van der Waals surface area contributed by atoms with Gasteiger partial charge in [-0.2, -0.15) is 0 Å². The Hall–Kier alpha value is -1.55. The molecule has 1 unspecified atom stereocenters. The standard InChI is InChI=1S/C15H20O4/c1-18-13-8-7-11(14(16)15(17)19-2)9-12(13)10-5-3-4-6-10/h7-10,14,16H,3-6H2,1-2H3. The third kappa shape index (κ3) is 2.89. The maximum Gasteiger partial charge on any atom is 0.339 e. The van der Waals surface area contributed by atoms with Gasteiger partial charge < -0.3 is 14.6 Å². The number of carbonyl (C=O) groups is 1. The van der Waals surface area contributed by atoms with E-state index in [9.17, 15) is 9.90 Å². The summed E-state index contributed by atoms with van der Waals surface area (Å²) in [5.74, 6) is 0.648. The first-order valence-electron chi connectivity index (χ1n) is 6.61. The molecule has 1 atom stereocenters. The minimum atomic E-state index is -1.23. The summed E-state index contributed by atoms with van der Waals surface area (Å²) >= 11 is 0. The Morgan fingerprint density at radius 3 is 2.58 bits per heavy atom. The zero-order chi connectivity index (χ0) is 13.8. The Balaban J connectivity index is 2.32. The van der Waals surface area contributed by atoms with Crippen LogP contribution in [0.3, 0.4) is 0 Å². The van der Waals surface area contributed by atoms with Crippen LogP contribution in [0.25, 0.3) is 0 Å². The van der Waals surface area contributed by atoms with Crippen molar-refractivity contribution in [3.8, 4) is 5.75 Å². The number of aliphatic hydroxyl groups excluding tert-OH is 1. The fourth-order valence-corrected chi connectivity index (χ4v) is 2.73. The molecule has 1 aliphatic carbocycles. The maximum absolute atomic E-state index is 11.4. The Kier molecular flexibility index (Phi) is 4.43. The summed E-state index contributed by atoms with van der Waals surface area (Å²) in [6.07, 6.45) is 3.48. The topological polar surface area (TPSA) is 55.8 Å². The molecule has 0 heterocycles. The predicted octanol–water partition coefficient (Wildman–Crippen LogP) is 2.56. The van der Waals surface area contributed by atoms with Crippen LogP contribution in [0.5, 0.6) is 5.75 Å². The predicted molar refractivity (Wildman–Crippen MR) is 71.2 cm³/mol. The van der Waals surface area contributed by atoms with Crippen molar-refractivity contribution >= 4 is 5.97 Å². The third-order valence-corrected chi connectivity index (χ3v) is 3.79. The second-order valence-electron chi connectivity index (χ2n) is 4.91. The summed E-state index contributed by atoms with van der Waals surface area (Å²) in [5.41, 5.74) is 1.65. The van der Waals surface area contributed by atoms with E-state index in [0.29, 0.717) is 11.5 Å². The van der Waals surface area contributed by atoms with Crippen molar-refractivity contribution in [3.05, 3.63) is 29.3 Å². The lowest BCUT2D eigenvalue weighted by Gasteiger charge is -2.17. The number of carbonyl (C=O) groups excluding carboxylic acids is 1. The van der Waals surface area contributed by atoms with E-state index in [1.54, 1.807) is 13.2 Å². The lowest BCUT2D eigenvalue weighted by atomic mass is 9.93. The molecule has 0 saturated heterocycles. The van der Waals surface area contributed by atoms with Gasteiger partial charge in [-0.3, -0.25) is 0 Å². The Morgan fingerprint density at radius 1 is 1.32 bits per heavy atom. The van der Waals surface area contributed by atoms with E-state index in [1.165, 1.54) is 20.0 Å². The average Bonchev–Trinajstić information content (AvgIpc) is 2.99. The third-order valence-electron chi connectivity index (χ3n) is 3.79. The minimum absolute atomic E-state index is 0.458. The van der Waals surface area contributed by atoms with Crippen LogP contribution in [0.1, 0.15) is 48.8 Å². The largest absolute Gasteiger partial charge is 0.496 e. The molecule has 104 valence electrons. The summed E-state index contributed by atoms with van der Waals surface area (Å²) in [6, 6.07) is 5.39. The summed E-state index contributed by atoms with van der Waals surface area (Å²) in [5, 5.41) is 9.90. The van der Waals surface area contributed by atoms with E-state index in [0.717, 1.165) is 24.2 Å². The molecule has 1 fully saturated rings. The van der Waals surface area contributed by atoms with E-state index in [-0.39, 0.29) is 0 Å². The summed E-state index contributed by atoms with van der Waals surface area (Å²) in [4.78, 5) is 11.4. The van der Waals surface area contributed by atoms with Gasteiger partial charge in [0.25, 0.3) is 0 Å². The highest BCUT2D eigenvalue weighted by Crippen LogP contribution is 2.39. The second kappa shape index (κ2) is 6.06. The van der Waals surface area contributed by atoms with Gasteiger partial charge in [0.2, 0.25) is 0 Å². The Bertz CT molecular complexity index is 449. The molecular weight excluding hydrogens is 244 g/mol. The van der Waals surface area contributed by atoms with Crippen LogP contribution in [0.2, 0.25) is 0 Å². The van der Waals surface area contributed by atoms with Gasteiger partial charge in [-0.15, -0.1) is 0 Å². The molecule has 1 N–H and O–H groups in total. The molecule has 0 spiro atoms. The number of hydrogen-bond donors (Lipinski definition) is 1. The van der Waals surface area contributed by atoms with Crippen molar-refractivity contribution in [2.24, 2.45) is 0 Å². The number of aliphatic hydroxyl groups is 1. The van der Waals surface area contributed by atoms with Crippen molar-refractivity contribution in [2.45, 2.75) is 37.7 Å². The van der Waals surface area contributed by atoms with E-state index in [1.807, 2.05) is 12.1 Å². The van der Waals surface area contributed by atoms with Gasteiger partial charge in [0.1, 0.15) is 5.75 Å². The van der Waals surface area contributed by atoms with Gasteiger partial charge in [0.05, 0.1) is 14.2 Å². The number of rotatable bonds is 4. The molecule has 1 aromatic carbocycles. The van der Waals surface area contributed by atoms with Gasteiger partial charge in [0, 0.05) is 0 Å². The summed E-state index contributed by atoms with van der Waals surface area (Å²) in [7, 11) is 2.91. The molecule has 0 bridgehead atoms. The number of methoxy groups -OCH3 is 2. The fourth-order valence-electron chi connectivity index (χ4n) is 2.73. The molecule has 1 saturated carbocycles. The van der Waals surface area contributed by atoms with Gasteiger partial charge in [-0.1, -0.05) is 18.9 Å². The first-order chi connectivity index (χ1) is 9.17. The van der Waals surface area contributed by atoms with Crippen LogP contribution in [0, 0.1) is 0 Å². The normalized spacial score (nSPS) is 17.2. The monoisotopic (exact) mass is 264 g/mol. The number of esters is 1. The second-order valence-corrected chi connectivity index (χ2v) is 4.91. The van der Waals surface area contributed by atoms with Crippen molar-refractivity contribution in [2.75, 3.05) is 14.2 Å². The molecule has 1 aromatic rings. The van der Waals surface area contributed by atoms with Crippen LogP contribution in [-0.2, 0) is 9.53 Å². The molecular formula is C15H20O4. The minimum Gasteiger partial charge on any atom is -0.496 e. The average molecular weight is 264 g/mol. The Labute approximate surface area is 113 Å². The van der Waals surface area contributed by atoms with Gasteiger partial charge in [-0.25, -0.2) is 4.79 Å². The zero-order valence-corrected chi connectivity index (χ0v) is 11.4. The molecule has 19 heavy (non-hydrogen) atoms. The maximum atomic E-state index is 11.4. The summed E-state index contributed by atoms with van der Waals surface area (Å²) < 4.78 is 9.95. The highest BCUT2D eigenvalue weighted by molar-refractivity contribution is 5.76. The van der Waals surface area contributed by atoms with Gasteiger partial charge in [0.15, 0.2) is 6.10 Å². The van der Waals surface area contributed by atoms with Crippen molar-refractivity contribution in [1.82, 2.24) is 0 Å². The highest BCUT2D eigenvalue weighted by Gasteiger charge is 2.24. The zero-order valence-electron chi connectivity index (χ0n) is 11.4.